The van der Waals surface area contributed by atoms with Gasteiger partial charge in [-0.25, -0.2) is 14.4 Å². The summed E-state index contributed by atoms with van der Waals surface area (Å²) in [6.45, 7) is 3.82. The minimum atomic E-state index is -0.297. The zero-order valence-corrected chi connectivity index (χ0v) is 15.8. The predicted molar refractivity (Wildman–Crippen MR) is 106 cm³/mol. The van der Waals surface area contributed by atoms with E-state index in [4.69, 9.17) is 22.1 Å². The number of nitrogens with one attached hydrogen (secondary N) is 1. The molecule has 0 saturated carbocycles. The lowest BCUT2D eigenvalue weighted by molar-refractivity contribution is 0.480. The number of benzene rings is 2. The summed E-state index contributed by atoms with van der Waals surface area (Å²) in [6, 6.07) is 13.6. The van der Waals surface area contributed by atoms with Crippen LogP contribution in [-0.2, 0) is 0 Å². The number of nitrogens with two attached hydrogens (primary N) is 1. The average molecular weight is 387 g/mol. The Hall–Kier alpha value is -2.86. The fraction of sp³-hybridized carbons (Fsp3) is 0.200. The van der Waals surface area contributed by atoms with Gasteiger partial charge in [0.15, 0.2) is 11.0 Å². The number of nitrogens with zero attached hydrogens (tertiary/aromatic N) is 2. The number of hydrogen-bond donors (Lipinski definition) is 2. The van der Waals surface area contributed by atoms with E-state index in [-0.39, 0.29) is 17.0 Å². The van der Waals surface area contributed by atoms with Crippen molar-refractivity contribution in [1.29, 1.82) is 0 Å². The van der Waals surface area contributed by atoms with Crippen LogP contribution in [0, 0.1) is 12.7 Å². The molecule has 3 rings (SSSR count). The zero-order chi connectivity index (χ0) is 19.4. The van der Waals surface area contributed by atoms with Crippen molar-refractivity contribution in [2.75, 3.05) is 11.1 Å². The van der Waals surface area contributed by atoms with E-state index in [0.717, 1.165) is 12.0 Å². The van der Waals surface area contributed by atoms with Crippen LogP contribution in [0.3, 0.4) is 0 Å². The van der Waals surface area contributed by atoms with Gasteiger partial charge in [-0.2, -0.15) is 0 Å². The van der Waals surface area contributed by atoms with Crippen LogP contribution >= 0.6 is 11.6 Å². The average Bonchev–Trinajstić information content (AvgIpc) is 2.66. The van der Waals surface area contributed by atoms with Crippen LogP contribution in [0.5, 0.6) is 11.5 Å². The molecule has 1 atom stereocenters. The summed E-state index contributed by atoms with van der Waals surface area (Å²) in [6.07, 6.45) is 0.818. The number of nitrogen functional groups attached to an aromatic ring is 1. The van der Waals surface area contributed by atoms with E-state index in [1.165, 1.54) is 12.1 Å². The van der Waals surface area contributed by atoms with E-state index < -0.39 is 0 Å². The van der Waals surface area contributed by atoms with Gasteiger partial charge in [0.2, 0.25) is 0 Å². The number of aryl methyl sites for hydroxylation is 1. The molecule has 3 aromatic rings. The summed E-state index contributed by atoms with van der Waals surface area (Å²) in [5, 5.41) is 3.57. The Balaban J connectivity index is 1.75. The number of aromatic nitrogens is 2. The van der Waals surface area contributed by atoms with Crippen molar-refractivity contribution < 1.29 is 9.13 Å². The third-order valence-electron chi connectivity index (χ3n) is 4.06. The van der Waals surface area contributed by atoms with E-state index in [2.05, 4.69) is 22.2 Å². The van der Waals surface area contributed by atoms with Crippen LogP contribution < -0.4 is 15.8 Å². The van der Waals surface area contributed by atoms with Crippen molar-refractivity contribution in [2.24, 2.45) is 0 Å². The molecular formula is C20H20ClFN4O. The van der Waals surface area contributed by atoms with Gasteiger partial charge in [-0.3, -0.25) is 0 Å². The first-order valence-corrected chi connectivity index (χ1v) is 8.93. The summed E-state index contributed by atoms with van der Waals surface area (Å²) >= 11 is 6.04. The molecule has 3 N–H and O–H groups in total. The molecule has 27 heavy (non-hydrogen) atoms. The Labute approximate surface area is 162 Å². The summed E-state index contributed by atoms with van der Waals surface area (Å²) in [5.41, 5.74) is 7.37. The SMILES string of the molecule is CCC(Nc1nc(C)nc(Cl)c1N)c1ccc(Oc2ccc(F)cc2)cc1. The summed E-state index contributed by atoms with van der Waals surface area (Å²) < 4.78 is 18.7. The molecule has 0 saturated heterocycles. The Morgan fingerprint density at radius 1 is 1.07 bits per heavy atom. The molecule has 2 aromatic carbocycles. The molecule has 7 heteroatoms. The van der Waals surface area contributed by atoms with Gasteiger partial charge in [-0.05, 0) is 55.3 Å². The number of ether oxygens (including phenoxy) is 1. The van der Waals surface area contributed by atoms with Crippen LogP contribution in [0.4, 0.5) is 15.9 Å². The highest BCUT2D eigenvalue weighted by Crippen LogP contribution is 2.30. The molecule has 0 fully saturated rings. The van der Waals surface area contributed by atoms with Gasteiger partial charge in [0.25, 0.3) is 0 Å². The van der Waals surface area contributed by atoms with Crippen molar-refractivity contribution in [2.45, 2.75) is 26.3 Å². The van der Waals surface area contributed by atoms with Crippen molar-refractivity contribution in [1.82, 2.24) is 9.97 Å². The fourth-order valence-electron chi connectivity index (χ4n) is 2.65. The van der Waals surface area contributed by atoms with Crippen LogP contribution in [0.25, 0.3) is 0 Å². The van der Waals surface area contributed by atoms with Gasteiger partial charge >= 0.3 is 0 Å². The minimum absolute atomic E-state index is 0.00228. The third kappa shape index (κ3) is 4.65. The van der Waals surface area contributed by atoms with E-state index >= 15 is 0 Å². The topological polar surface area (TPSA) is 73.1 Å². The van der Waals surface area contributed by atoms with Gasteiger partial charge in [0, 0.05) is 0 Å². The highest BCUT2D eigenvalue weighted by Gasteiger charge is 2.15. The second-order valence-electron chi connectivity index (χ2n) is 6.05. The van der Waals surface area contributed by atoms with Crippen molar-refractivity contribution in [3.05, 3.63) is 70.9 Å². The Kier molecular flexibility index (Phi) is 5.76. The molecule has 1 heterocycles. The first-order valence-electron chi connectivity index (χ1n) is 8.55. The monoisotopic (exact) mass is 386 g/mol. The molecule has 1 aromatic heterocycles. The van der Waals surface area contributed by atoms with Gasteiger partial charge in [-0.15, -0.1) is 0 Å². The first kappa shape index (κ1) is 18.9. The lowest BCUT2D eigenvalue weighted by Crippen LogP contribution is -2.13. The first-order chi connectivity index (χ1) is 13.0. The molecule has 1 unspecified atom stereocenters. The van der Waals surface area contributed by atoms with Gasteiger partial charge in [-0.1, -0.05) is 30.7 Å². The molecule has 0 spiro atoms. The third-order valence-corrected chi connectivity index (χ3v) is 4.35. The van der Waals surface area contributed by atoms with E-state index in [9.17, 15) is 4.39 Å². The molecule has 0 amide bonds. The predicted octanol–water partition coefficient (Wildman–Crippen LogP) is 5.52. The number of hydrogen-bond acceptors (Lipinski definition) is 5. The van der Waals surface area contributed by atoms with Crippen LogP contribution in [0.1, 0.15) is 30.8 Å². The molecule has 0 radical (unpaired) electrons. The molecule has 5 nitrogen and oxygen atoms in total. The molecular weight excluding hydrogens is 367 g/mol. The number of rotatable bonds is 6. The quantitative estimate of drug-likeness (QED) is 0.546. The lowest BCUT2D eigenvalue weighted by atomic mass is 10.0. The van der Waals surface area contributed by atoms with Gasteiger partial charge in [0.1, 0.15) is 28.8 Å². The van der Waals surface area contributed by atoms with E-state index in [1.807, 2.05) is 24.3 Å². The van der Waals surface area contributed by atoms with Crippen LogP contribution in [0.15, 0.2) is 48.5 Å². The summed E-state index contributed by atoms with van der Waals surface area (Å²) in [5.74, 6) is 2.02. The Bertz CT molecular complexity index is 917. The maximum atomic E-state index is 13.0. The normalized spacial score (nSPS) is 11.9. The number of anilines is 2. The second-order valence-corrected chi connectivity index (χ2v) is 6.41. The summed E-state index contributed by atoms with van der Waals surface area (Å²) in [4.78, 5) is 8.39. The van der Waals surface area contributed by atoms with Gasteiger partial charge < -0.3 is 15.8 Å². The maximum Gasteiger partial charge on any atom is 0.157 e. The zero-order valence-electron chi connectivity index (χ0n) is 15.0. The lowest BCUT2D eigenvalue weighted by Gasteiger charge is -2.20. The van der Waals surface area contributed by atoms with Gasteiger partial charge in [0.05, 0.1) is 6.04 Å². The van der Waals surface area contributed by atoms with Crippen LogP contribution in [-0.4, -0.2) is 9.97 Å². The smallest absolute Gasteiger partial charge is 0.157 e. The Morgan fingerprint density at radius 2 is 1.67 bits per heavy atom. The van der Waals surface area contributed by atoms with E-state index in [1.54, 1.807) is 19.1 Å². The highest BCUT2D eigenvalue weighted by molar-refractivity contribution is 6.32. The Morgan fingerprint density at radius 3 is 2.26 bits per heavy atom. The summed E-state index contributed by atoms with van der Waals surface area (Å²) in [7, 11) is 0. The minimum Gasteiger partial charge on any atom is -0.457 e. The largest absolute Gasteiger partial charge is 0.457 e. The highest BCUT2D eigenvalue weighted by atomic mass is 35.5. The van der Waals surface area contributed by atoms with Crippen molar-refractivity contribution in [3.63, 3.8) is 0 Å². The molecule has 0 bridgehead atoms. The standard InChI is InChI=1S/C20H20ClFN4O/c1-3-17(26-20-18(23)19(21)24-12(2)25-20)13-4-8-15(9-5-13)27-16-10-6-14(22)7-11-16/h4-11,17H,3,23H2,1-2H3,(H,24,25,26). The van der Waals surface area contributed by atoms with Crippen LogP contribution in [0.2, 0.25) is 5.15 Å². The van der Waals surface area contributed by atoms with Crippen molar-refractivity contribution in [3.8, 4) is 11.5 Å². The molecule has 0 aliphatic carbocycles. The number of halogens is 2. The molecule has 0 aliphatic heterocycles. The fourth-order valence-corrected chi connectivity index (χ4v) is 2.86. The molecule has 140 valence electrons. The van der Waals surface area contributed by atoms with Crippen molar-refractivity contribution >= 4 is 23.1 Å². The maximum absolute atomic E-state index is 13.0. The van der Waals surface area contributed by atoms with E-state index in [0.29, 0.717) is 28.8 Å². The second kappa shape index (κ2) is 8.22. The molecule has 0 aliphatic rings.